The minimum Gasteiger partial charge on any atom is -0.323 e. The van der Waals surface area contributed by atoms with E-state index in [-0.39, 0.29) is 0 Å². The molecule has 1 unspecified atom stereocenters. The molecule has 5 aromatic carbocycles. The van der Waals surface area contributed by atoms with E-state index >= 15 is 0 Å². The molecular formula is C44H42N2P2. The van der Waals surface area contributed by atoms with Gasteiger partial charge in [-0.3, -0.25) is 0 Å². The van der Waals surface area contributed by atoms with Gasteiger partial charge in [-0.15, -0.1) is 0 Å². The Morgan fingerprint density at radius 2 is 0.979 bits per heavy atom. The van der Waals surface area contributed by atoms with Gasteiger partial charge in [0, 0.05) is 21.5 Å². The molecule has 2 nitrogen and oxygen atoms in total. The Balaban J connectivity index is 1.70. The van der Waals surface area contributed by atoms with Crippen LogP contribution in [-0.2, 0) is 0 Å². The van der Waals surface area contributed by atoms with Crippen LogP contribution in [0.25, 0.3) is 0 Å². The second-order valence-electron chi connectivity index (χ2n) is 13.1. The summed E-state index contributed by atoms with van der Waals surface area (Å²) in [6.07, 6.45) is 4.76. The van der Waals surface area contributed by atoms with Crippen molar-refractivity contribution < 1.29 is 0 Å². The third kappa shape index (κ3) is 5.83. The highest BCUT2D eigenvalue weighted by Gasteiger charge is 2.48. The monoisotopic (exact) mass is 660 g/mol. The third-order valence-corrected chi connectivity index (χ3v) is 14.2. The Bertz CT molecular complexity index is 1980. The number of benzene rings is 5. The Hall–Kier alpha value is -4.35. The van der Waals surface area contributed by atoms with Gasteiger partial charge in [-0.05, 0) is 85.5 Å². The quantitative estimate of drug-likeness (QED) is 0.159. The van der Waals surface area contributed by atoms with E-state index in [1.54, 1.807) is 0 Å². The molecule has 7 rings (SSSR count). The molecule has 0 radical (unpaired) electrons. The standard InChI is InChI=1S/C44H42N2P2/c1-31-27-33(3)40(34(4)28-31)46-43(48(38-23-15-9-16-24-38)39-25-17-10-18-26-39)42(45-41-35(5)29-32(2)30-44(41,46)6)47(36-19-11-7-12-20-36)37-21-13-8-14-22-37/h7-30H,1-6H3. The van der Waals surface area contributed by atoms with Gasteiger partial charge in [-0.25, -0.2) is 4.99 Å². The van der Waals surface area contributed by atoms with Crippen LogP contribution in [-0.4, -0.2) is 11.3 Å². The summed E-state index contributed by atoms with van der Waals surface area (Å²) in [7, 11) is -2.07. The van der Waals surface area contributed by atoms with Crippen LogP contribution in [0.15, 0.2) is 173 Å². The maximum atomic E-state index is 5.94. The largest absolute Gasteiger partial charge is 0.323 e. The van der Waals surface area contributed by atoms with Crippen molar-refractivity contribution in [2.75, 3.05) is 4.90 Å². The number of nitrogens with zero attached hydrogens (tertiary/aromatic N) is 2. The van der Waals surface area contributed by atoms with Crippen molar-refractivity contribution in [2.24, 2.45) is 4.99 Å². The average Bonchev–Trinajstić information content (AvgIpc) is 3.08. The molecule has 2 aliphatic rings. The molecule has 0 N–H and O–H groups in total. The van der Waals surface area contributed by atoms with Crippen LogP contribution in [0.2, 0.25) is 0 Å². The van der Waals surface area contributed by atoms with Gasteiger partial charge in [-0.2, -0.15) is 0 Å². The molecule has 0 spiro atoms. The highest BCUT2D eigenvalue weighted by molar-refractivity contribution is 7.80. The zero-order valence-corrected chi connectivity index (χ0v) is 30.4. The van der Waals surface area contributed by atoms with E-state index in [0.717, 1.165) is 5.71 Å². The highest BCUT2D eigenvalue weighted by atomic mass is 31.1. The summed E-state index contributed by atoms with van der Waals surface area (Å²) in [6.45, 7) is 13.6. The second-order valence-corrected chi connectivity index (χ2v) is 17.3. The van der Waals surface area contributed by atoms with Crippen LogP contribution in [0.4, 0.5) is 5.69 Å². The van der Waals surface area contributed by atoms with Gasteiger partial charge in [0.2, 0.25) is 0 Å². The van der Waals surface area contributed by atoms with Crippen molar-refractivity contribution in [1.82, 2.24) is 0 Å². The summed E-state index contributed by atoms with van der Waals surface area (Å²) in [6, 6.07) is 49.1. The number of aryl methyl sites for hydroxylation is 3. The lowest BCUT2D eigenvalue weighted by atomic mass is 9.80. The first-order valence-corrected chi connectivity index (χ1v) is 19.3. The zero-order valence-electron chi connectivity index (χ0n) is 28.6. The van der Waals surface area contributed by atoms with E-state index in [0.29, 0.717) is 0 Å². The fourth-order valence-electron chi connectivity index (χ4n) is 7.52. The predicted octanol–water partition coefficient (Wildman–Crippen LogP) is 9.93. The first-order valence-electron chi connectivity index (χ1n) is 16.7. The van der Waals surface area contributed by atoms with Gasteiger partial charge < -0.3 is 4.90 Å². The van der Waals surface area contributed by atoms with Crippen LogP contribution in [0, 0.1) is 20.8 Å². The highest BCUT2D eigenvalue weighted by Crippen LogP contribution is 2.61. The normalized spacial score (nSPS) is 17.7. The maximum absolute atomic E-state index is 5.94. The molecule has 1 heterocycles. The average molecular weight is 661 g/mol. The summed E-state index contributed by atoms with van der Waals surface area (Å²) in [5.74, 6) is 0. The summed E-state index contributed by atoms with van der Waals surface area (Å²) in [4.78, 5) is 8.66. The molecule has 48 heavy (non-hydrogen) atoms. The Kier molecular flexibility index (Phi) is 8.91. The molecule has 4 heteroatoms. The molecule has 0 saturated carbocycles. The minimum absolute atomic E-state index is 0.495. The van der Waals surface area contributed by atoms with E-state index in [4.69, 9.17) is 4.99 Å². The number of allylic oxidation sites excluding steroid dienone is 2. The summed E-state index contributed by atoms with van der Waals surface area (Å²) < 4.78 is 0. The molecule has 0 amide bonds. The van der Waals surface area contributed by atoms with Gasteiger partial charge in [0.1, 0.15) is 5.54 Å². The van der Waals surface area contributed by atoms with Crippen molar-refractivity contribution in [3.05, 3.63) is 184 Å². The lowest BCUT2D eigenvalue weighted by Crippen LogP contribution is -2.55. The van der Waals surface area contributed by atoms with Crippen molar-refractivity contribution >= 4 is 48.5 Å². The van der Waals surface area contributed by atoms with Crippen LogP contribution >= 0.6 is 15.8 Å². The first kappa shape index (κ1) is 32.2. The van der Waals surface area contributed by atoms with E-state index in [9.17, 15) is 0 Å². The van der Waals surface area contributed by atoms with Gasteiger partial charge in [0.05, 0.1) is 16.6 Å². The van der Waals surface area contributed by atoms with Crippen LogP contribution in [0.5, 0.6) is 0 Å². The molecule has 0 fully saturated rings. The van der Waals surface area contributed by atoms with Crippen molar-refractivity contribution in [3.63, 3.8) is 0 Å². The van der Waals surface area contributed by atoms with Gasteiger partial charge >= 0.3 is 0 Å². The fourth-order valence-corrected chi connectivity index (χ4v) is 12.8. The molecule has 1 aliphatic heterocycles. The summed E-state index contributed by atoms with van der Waals surface area (Å²) >= 11 is 0. The molecule has 5 aromatic rings. The number of rotatable bonds is 7. The minimum atomic E-state index is -1.04. The SMILES string of the molecule is CC1=CC2(C)C(=NC(P(c3ccccc3)c3ccccc3)=C(P(c3ccccc3)c3ccccc3)N2c2c(C)cc(C)cc2C)C(C)=C1. The van der Waals surface area contributed by atoms with Crippen molar-refractivity contribution in [2.45, 2.75) is 47.1 Å². The van der Waals surface area contributed by atoms with Gasteiger partial charge in [0.15, 0.2) is 0 Å². The molecule has 1 atom stereocenters. The van der Waals surface area contributed by atoms with Gasteiger partial charge in [-0.1, -0.05) is 151 Å². The number of hydrogen-bond acceptors (Lipinski definition) is 2. The van der Waals surface area contributed by atoms with E-state index in [1.165, 1.54) is 65.6 Å². The number of hydrogen-bond donors (Lipinski definition) is 0. The molecular weight excluding hydrogens is 618 g/mol. The van der Waals surface area contributed by atoms with E-state index < -0.39 is 21.4 Å². The predicted molar refractivity (Wildman–Crippen MR) is 212 cm³/mol. The lowest BCUT2D eigenvalue weighted by Gasteiger charge is -2.51. The summed E-state index contributed by atoms with van der Waals surface area (Å²) in [5.41, 5.74) is 10.7. The fraction of sp³-hybridized carbons (Fsp3) is 0.159. The molecule has 0 saturated heterocycles. The Morgan fingerprint density at radius 1 is 0.562 bits per heavy atom. The van der Waals surface area contributed by atoms with Crippen molar-refractivity contribution in [3.8, 4) is 0 Å². The van der Waals surface area contributed by atoms with Crippen molar-refractivity contribution in [1.29, 1.82) is 0 Å². The molecule has 1 aliphatic carbocycles. The second kappa shape index (κ2) is 13.3. The first-order chi connectivity index (χ1) is 23.3. The lowest BCUT2D eigenvalue weighted by molar-refractivity contribution is 0.702. The smallest absolute Gasteiger partial charge is 0.104 e. The van der Waals surface area contributed by atoms with Crippen LogP contribution < -0.4 is 26.1 Å². The number of anilines is 1. The molecule has 0 aromatic heterocycles. The molecule has 238 valence electrons. The van der Waals surface area contributed by atoms with Gasteiger partial charge in [0.25, 0.3) is 0 Å². The van der Waals surface area contributed by atoms with E-state index in [1.807, 2.05) is 0 Å². The topological polar surface area (TPSA) is 15.6 Å². The number of fused-ring (bicyclic) bond motifs is 1. The Morgan fingerprint density at radius 3 is 1.42 bits per heavy atom. The maximum Gasteiger partial charge on any atom is 0.104 e. The number of aliphatic imine (C=N–C) groups is 1. The van der Waals surface area contributed by atoms with E-state index in [2.05, 4.69) is 192 Å². The third-order valence-electron chi connectivity index (χ3n) is 9.24. The molecule has 0 bridgehead atoms. The summed E-state index contributed by atoms with van der Waals surface area (Å²) in [5, 5.41) is 5.25. The Labute approximate surface area is 288 Å². The van der Waals surface area contributed by atoms with Crippen LogP contribution in [0.1, 0.15) is 37.5 Å². The zero-order chi connectivity index (χ0) is 33.4. The van der Waals surface area contributed by atoms with Crippen LogP contribution in [0.3, 0.4) is 0 Å².